The lowest BCUT2D eigenvalue weighted by molar-refractivity contribution is 0.00581. The summed E-state index contributed by atoms with van der Waals surface area (Å²) in [6, 6.07) is 8.57. The van der Waals surface area contributed by atoms with Gasteiger partial charge in [0, 0.05) is 13.7 Å². The van der Waals surface area contributed by atoms with E-state index in [-0.39, 0.29) is 5.41 Å². The Balaban J connectivity index is 1.92. The van der Waals surface area contributed by atoms with E-state index in [1.165, 1.54) is 36.8 Å². The molecule has 0 aromatic heterocycles. The lowest BCUT2D eigenvalue weighted by Crippen LogP contribution is -2.27. The molecule has 0 radical (unpaired) electrons. The van der Waals surface area contributed by atoms with Crippen molar-refractivity contribution >= 4 is 0 Å². The monoisotopic (exact) mass is 260 g/mol. The van der Waals surface area contributed by atoms with Gasteiger partial charge in [0.05, 0.1) is 5.60 Å². The van der Waals surface area contributed by atoms with E-state index in [9.17, 15) is 5.11 Å². The zero-order valence-corrected chi connectivity index (χ0v) is 11.8. The van der Waals surface area contributed by atoms with E-state index in [4.69, 9.17) is 4.74 Å². The Kier molecular flexibility index (Phi) is 3.40. The molecule has 19 heavy (non-hydrogen) atoms. The van der Waals surface area contributed by atoms with Crippen LogP contribution in [0.5, 0.6) is 0 Å². The summed E-state index contributed by atoms with van der Waals surface area (Å²) in [6.45, 7) is 0.734. The molecule has 0 saturated heterocycles. The lowest BCUT2D eigenvalue weighted by Gasteiger charge is -2.28. The molecule has 3 rings (SSSR count). The second-order valence-corrected chi connectivity index (χ2v) is 6.34. The van der Waals surface area contributed by atoms with E-state index in [0.29, 0.717) is 0 Å². The largest absolute Gasteiger partial charge is 0.385 e. The second-order valence-electron chi connectivity index (χ2n) is 6.34. The van der Waals surface area contributed by atoms with Crippen molar-refractivity contribution in [3.8, 4) is 0 Å². The number of hydrogen-bond donors (Lipinski definition) is 1. The van der Waals surface area contributed by atoms with Crippen molar-refractivity contribution in [2.24, 2.45) is 0 Å². The van der Waals surface area contributed by atoms with Crippen LogP contribution in [0, 0.1) is 0 Å². The van der Waals surface area contributed by atoms with Crippen molar-refractivity contribution < 1.29 is 9.84 Å². The quantitative estimate of drug-likeness (QED) is 0.839. The number of fused-ring (bicyclic) bond motifs is 2. The molecule has 2 nitrogen and oxygen atoms in total. The molecule has 2 aliphatic carbocycles. The number of aliphatic hydroxyl groups is 1. The van der Waals surface area contributed by atoms with E-state index in [1.54, 1.807) is 7.11 Å². The van der Waals surface area contributed by atoms with Crippen LogP contribution < -0.4 is 0 Å². The van der Waals surface area contributed by atoms with Crippen LogP contribution in [0.1, 0.15) is 56.1 Å². The number of rotatable bonds is 4. The third-order valence-corrected chi connectivity index (χ3v) is 5.13. The van der Waals surface area contributed by atoms with Gasteiger partial charge < -0.3 is 9.84 Å². The SMILES string of the molecule is COCCCC1(O)CC2(CCCC2)c2ccccc21. The van der Waals surface area contributed by atoms with Crippen LogP contribution in [0.25, 0.3) is 0 Å². The summed E-state index contributed by atoms with van der Waals surface area (Å²) in [5.41, 5.74) is 2.25. The Hall–Kier alpha value is -0.860. The zero-order chi connectivity index (χ0) is 13.3. The Morgan fingerprint density at radius 1 is 1.16 bits per heavy atom. The van der Waals surface area contributed by atoms with Crippen molar-refractivity contribution in [2.45, 2.75) is 56.0 Å². The van der Waals surface area contributed by atoms with Crippen LogP contribution in [0.2, 0.25) is 0 Å². The van der Waals surface area contributed by atoms with Gasteiger partial charge in [0.15, 0.2) is 0 Å². The van der Waals surface area contributed by atoms with Gasteiger partial charge in [-0.1, -0.05) is 37.1 Å². The van der Waals surface area contributed by atoms with Crippen molar-refractivity contribution in [1.82, 2.24) is 0 Å². The van der Waals surface area contributed by atoms with Crippen LogP contribution >= 0.6 is 0 Å². The second kappa shape index (κ2) is 4.92. The minimum Gasteiger partial charge on any atom is -0.385 e. The highest BCUT2D eigenvalue weighted by molar-refractivity contribution is 5.45. The van der Waals surface area contributed by atoms with E-state index in [0.717, 1.165) is 25.9 Å². The molecule has 1 atom stereocenters. The van der Waals surface area contributed by atoms with Crippen molar-refractivity contribution in [1.29, 1.82) is 0 Å². The standard InChI is InChI=1S/C17H24O2/c1-19-12-6-11-17(18)13-16(9-4-5-10-16)14-7-2-3-8-15(14)17/h2-3,7-8,18H,4-6,9-13H2,1H3. The molecule has 0 heterocycles. The van der Waals surface area contributed by atoms with Crippen LogP contribution in [0.15, 0.2) is 24.3 Å². The first-order valence-corrected chi connectivity index (χ1v) is 7.52. The molecular formula is C17H24O2. The maximum atomic E-state index is 11.1. The Morgan fingerprint density at radius 3 is 2.53 bits per heavy atom. The Labute approximate surface area is 115 Å². The van der Waals surface area contributed by atoms with E-state index >= 15 is 0 Å². The van der Waals surface area contributed by atoms with Gasteiger partial charge in [-0.15, -0.1) is 0 Å². The fourth-order valence-electron chi connectivity index (χ4n) is 4.33. The van der Waals surface area contributed by atoms with Crippen molar-refractivity contribution in [2.75, 3.05) is 13.7 Å². The van der Waals surface area contributed by atoms with Crippen LogP contribution in [-0.4, -0.2) is 18.8 Å². The fraction of sp³-hybridized carbons (Fsp3) is 0.647. The number of methoxy groups -OCH3 is 1. The molecule has 0 amide bonds. The third-order valence-electron chi connectivity index (χ3n) is 5.13. The molecule has 2 heteroatoms. The van der Waals surface area contributed by atoms with Gasteiger partial charge in [0.1, 0.15) is 0 Å². The summed E-state index contributed by atoms with van der Waals surface area (Å²) in [5.74, 6) is 0. The maximum absolute atomic E-state index is 11.1. The number of ether oxygens (including phenoxy) is 1. The molecule has 2 aliphatic rings. The first-order valence-electron chi connectivity index (χ1n) is 7.52. The third kappa shape index (κ3) is 2.11. The molecule has 1 saturated carbocycles. The van der Waals surface area contributed by atoms with Gasteiger partial charge in [-0.25, -0.2) is 0 Å². The van der Waals surface area contributed by atoms with Gasteiger partial charge in [-0.3, -0.25) is 0 Å². The van der Waals surface area contributed by atoms with Gasteiger partial charge in [0.25, 0.3) is 0 Å². The van der Waals surface area contributed by atoms with Gasteiger partial charge in [0.2, 0.25) is 0 Å². The Morgan fingerprint density at radius 2 is 1.84 bits per heavy atom. The van der Waals surface area contributed by atoms with Crippen LogP contribution in [-0.2, 0) is 15.8 Å². The summed E-state index contributed by atoms with van der Waals surface area (Å²) in [4.78, 5) is 0. The number of benzene rings is 1. The first kappa shape index (κ1) is 13.1. The minimum absolute atomic E-state index is 0.262. The molecule has 1 aromatic carbocycles. The predicted molar refractivity (Wildman–Crippen MR) is 76.2 cm³/mol. The fourth-order valence-corrected chi connectivity index (χ4v) is 4.33. The lowest BCUT2D eigenvalue weighted by atomic mass is 9.79. The maximum Gasteiger partial charge on any atom is 0.0908 e. The van der Waals surface area contributed by atoms with E-state index in [1.807, 2.05) is 0 Å². The minimum atomic E-state index is -0.626. The molecular weight excluding hydrogens is 236 g/mol. The highest BCUT2D eigenvalue weighted by Crippen LogP contribution is 2.57. The molecule has 0 aliphatic heterocycles. The first-order chi connectivity index (χ1) is 9.20. The summed E-state index contributed by atoms with van der Waals surface area (Å²) in [7, 11) is 1.73. The zero-order valence-electron chi connectivity index (χ0n) is 11.8. The van der Waals surface area contributed by atoms with Crippen LogP contribution in [0.4, 0.5) is 0 Å². The molecule has 1 N–H and O–H groups in total. The van der Waals surface area contributed by atoms with Gasteiger partial charge in [-0.2, -0.15) is 0 Å². The van der Waals surface area contributed by atoms with Gasteiger partial charge in [-0.05, 0) is 48.6 Å². The molecule has 1 spiro atoms. The van der Waals surface area contributed by atoms with E-state index in [2.05, 4.69) is 24.3 Å². The topological polar surface area (TPSA) is 29.5 Å². The summed E-state index contributed by atoms with van der Waals surface area (Å²) < 4.78 is 5.14. The average Bonchev–Trinajstić information content (AvgIpc) is 2.97. The number of hydrogen-bond acceptors (Lipinski definition) is 2. The predicted octanol–water partition coefficient (Wildman–Crippen LogP) is 3.52. The Bertz CT molecular complexity index is 448. The van der Waals surface area contributed by atoms with E-state index < -0.39 is 5.60 Å². The molecule has 104 valence electrons. The molecule has 1 fully saturated rings. The molecule has 1 unspecified atom stereocenters. The van der Waals surface area contributed by atoms with Crippen molar-refractivity contribution in [3.05, 3.63) is 35.4 Å². The highest BCUT2D eigenvalue weighted by Gasteiger charge is 2.51. The average molecular weight is 260 g/mol. The summed E-state index contributed by atoms with van der Waals surface area (Å²) in [6.07, 6.45) is 7.78. The molecule has 0 bridgehead atoms. The molecule has 1 aromatic rings. The van der Waals surface area contributed by atoms with Gasteiger partial charge >= 0.3 is 0 Å². The van der Waals surface area contributed by atoms with Crippen molar-refractivity contribution in [3.63, 3.8) is 0 Å². The highest BCUT2D eigenvalue weighted by atomic mass is 16.5. The van der Waals surface area contributed by atoms with Crippen LogP contribution in [0.3, 0.4) is 0 Å². The summed E-state index contributed by atoms with van der Waals surface area (Å²) >= 11 is 0. The smallest absolute Gasteiger partial charge is 0.0908 e. The normalized spacial score (nSPS) is 27.9. The summed E-state index contributed by atoms with van der Waals surface area (Å²) in [5, 5.41) is 11.1.